The summed E-state index contributed by atoms with van der Waals surface area (Å²) in [5.41, 5.74) is 1.09. The van der Waals surface area contributed by atoms with E-state index in [4.69, 9.17) is 6.42 Å². The van der Waals surface area contributed by atoms with Crippen molar-refractivity contribution in [2.24, 2.45) is 0 Å². The highest BCUT2D eigenvalue weighted by molar-refractivity contribution is 14.1. The lowest BCUT2D eigenvalue weighted by molar-refractivity contribution is 0.858. The van der Waals surface area contributed by atoms with Crippen LogP contribution < -0.4 is 5.32 Å². The minimum Gasteiger partial charge on any atom is -0.372 e. The molecule has 0 heterocycles. The Morgan fingerprint density at radius 2 is 2.08 bits per heavy atom. The van der Waals surface area contributed by atoms with Crippen molar-refractivity contribution >= 4 is 28.3 Å². The predicted molar refractivity (Wildman–Crippen MR) is 65.7 cm³/mol. The molecule has 0 saturated heterocycles. The molecule has 68 valence electrons. The fraction of sp³-hybridized carbons (Fsp3) is 0.273. The Labute approximate surface area is 93.1 Å². The van der Waals surface area contributed by atoms with Gasteiger partial charge in [-0.3, -0.25) is 0 Å². The van der Waals surface area contributed by atoms with Gasteiger partial charge in [0.2, 0.25) is 0 Å². The first kappa shape index (κ1) is 10.4. The summed E-state index contributed by atoms with van der Waals surface area (Å²) in [6.45, 7) is 2.07. The SMILES string of the molecule is C#CC(CC)Nc1ccc(I)cc1. The Kier molecular flexibility index (Phi) is 4.10. The van der Waals surface area contributed by atoms with Crippen molar-refractivity contribution in [1.29, 1.82) is 0 Å². The number of hydrogen-bond donors (Lipinski definition) is 1. The van der Waals surface area contributed by atoms with Gasteiger partial charge in [-0.25, -0.2) is 0 Å². The smallest absolute Gasteiger partial charge is 0.0871 e. The molecular formula is C11H12IN. The fourth-order valence-electron chi connectivity index (χ4n) is 1.01. The molecule has 0 spiro atoms. The minimum absolute atomic E-state index is 0.139. The Balaban J connectivity index is 2.64. The Bertz CT molecular complexity index is 297. The van der Waals surface area contributed by atoms with Crippen molar-refractivity contribution in [3.8, 4) is 12.3 Å². The minimum atomic E-state index is 0.139. The molecule has 0 bridgehead atoms. The maximum atomic E-state index is 5.35. The van der Waals surface area contributed by atoms with Crippen LogP contribution in [0.1, 0.15) is 13.3 Å². The van der Waals surface area contributed by atoms with E-state index in [1.165, 1.54) is 3.57 Å². The quantitative estimate of drug-likeness (QED) is 0.664. The van der Waals surface area contributed by atoms with Gasteiger partial charge < -0.3 is 5.32 Å². The van der Waals surface area contributed by atoms with Crippen LogP contribution in [0.25, 0.3) is 0 Å². The summed E-state index contributed by atoms with van der Waals surface area (Å²) in [6.07, 6.45) is 6.29. The molecule has 1 aromatic rings. The van der Waals surface area contributed by atoms with Gasteiger partial charge in [-0.05, 0) is 53.3 Å². The third-order valence-electron chi connectivity index (χ3n) is 1.79. The standard InChI is InChI=1S/C11H12IN/c1-3-10(4-2)13-11-7-5-9(12)6-8-11/h1,5-8,10,13H,4H2,2H3. The molecule has 1 unspecified atom stereocenters. The van der Waals surface area contributed by atoms with Crippen LogP contribution in [0.4, 0.5) is 5.69 Å². The number of anilines is 1. The van der Waals surface area contributed by atoms with Crippen LogP contribution in [0.2, 0.25) is 0 Å². The molecule has 1 rings (SSSR count). The highest BCUT2D eigenvalue weighted by Crippen LogP contribution is 2.12. The van der Waals surface area contributed by atoms with Crippen LogP contribution in [0, 0.1) is 15.9 Å². The first-order valence-corrected chi connectivity index (χ1v) is 5.32. The second-order valence-corrected chi connectivity index (χ2v) is 4.02. The third kappa shape index (κ3) is 3.27. The maximum absolute atomic E-state index is 5.35. The molecule has 1 nitrogen and oxygen atoms in total. The van der Waals surface area contributed by atoms with Crippen molar-refractivity contribution < 1.29 is 0 Å². The average Bonchev–Trinajstić information content (AvgIpc) is 2.17. The molecule has 0 aliphatic heterocycles. The topological polar surface area (TPSA) is 12.0 Å². The molecule has 0 aromatic heterocycles. The summed E-state index contributed by atoms with van der Waals surface area (Å²) >= 11 is 2.28. The molecule has 1 atom stereocenters. The van der Waals surface area contributed by atoms with Crippen molar-refractivity contribution in [2.45, 2.75) is 19.4 Å². The Morgan fingerprint density at radius 1 is 1.46 bits per heavy atom. The van der Waals surface area contributed by atoms with Crippen molar-refractivity contribution in [1.82, 2.24) is 0 Å². The molecule has 0 aliphatic carbocycles. The van der Waals surface area contributed by atoms with E-state index in [1.54, 1.807) is 0 Å². The number of rotatable bonds is 3. The fourth-order valence-corrected chi connectivity index (χ4v) is 1.37. The Hall–Kier alpha value is -0.690. The highest BCUT2D eigenvalue weighted by Gasteiger charge is 2.00. The van der Waals surface area contributed by atoms with Gasteiger partial charge >= 0.3 is 0 Å². The van der Waals surface area contributed by atoms with Crippen LogP contribution in [0.3, 0.4) is 0 Å². The molecule has 0 saturated carbocycles. The zero-order valence-corrected chi connectivity index (χ0v) is 9.71. The number of nitrogens with one attached hydrogen (secondary N) is 1. The van der Waals surface area contributed by atoms with Gasteiger partial charge in [0.05, 0.1) is 6.04 Å². The molecular weight excluding hydrogens is 273 g/mol. The van der Waals surface area contributed by atoms with E-state index in [2.05, 4.69) is 52.9 Å². The van der Waals surface area contributed by atoms with E-state index in [0.29, 0.717) is 0 Å². The van der Waals surface area contributed by atoms with Crippen molar-refractivity contribution in [3.63, 3.8) is 0 Å². The van der Waals surface area contributed by atoms with E-state index < -0.39 is 0 Å². The summed E-state index contributed by atoms with van der Waals surface area (Å²) in [4.78, 5) is 0. The van der Waals surface area contributed by atoms with Gasteiger partial charge in [-0.1, -0.05) is 12.8 Å². The molecule has 0 amide bonds. The van der Waals surface area contributed by atoms with Crippen LogP contribution >= 0.6 is 22.6 Å². The summed E-state index contributed by atoms with van der Waals surface area (Å²) < 4.78 is 1.23. The second kappa shape index (κ2) is 5.13. The summed E-state index contributed by atoms with van der Waals surface area (Å²) in [5.74, 6) is 2.70. The number of terminal acetylenes is 1. The lowest BCUT2D eigenvalue weighted by Crippen LogP contribution is -2.15. The van der Waals surface area contributed by atoms with E-state index >= 15 is 0 Å². The van der Waals surface area contributed by atoms with Crippen LogP contribution in [-0.2, 0) is 0 Å². The van der Waals surface area contributed by atoms with E-state index in [-0.39, 0.29) is 6.04 Å². The van der Waals surface area contributed by atoms with Crippen LogP contribution in [-0.4, -0.2) is 6.04 Å². The van der Waals surface area contributed by atoms with Crippen LogP contribution in [0.15, 0.2) is 24.3 Å². The highest BCUT2D eigenvalue weighted by atomic mass is 127. The zero-order chi connectivity index (χ0) is 9.68. The van der Waals surface area contributed by atoms with E-state index in [9.17, 15) is 0 Å². The van der Waals surface area contributed by atoms with Crippen molar-refractivity contribution in [2.75, 3.05) is 5.32 Å². The van der Waals surface area contributed by atoms with E-state index in [1.807, 2.05) is 12.1 Å². The zero-order valence-electron chi connectivity index (χ0n) is 7.55. The van der Waals surface area contributed by atoms with Gasteiger partial charge in [-0.15, -0.1) is 6.42 Å². The Morgan fingerprint density at radius 3 is 2.54 bits per heavy atom. The third-order valence-corrected chi connectivity index (χ3v) is 2.51. The van der Waals surface area contributed by atoms with Crippen molar-refractivity contribution in [3.05, 3.63) is 27.8 Å². The van der Waals surface area contributed by atoms with Gasteiger partial charge in [0.15, 0.2) is 0 Å². The first-order valence-electron chi connectivity index (χ1n) is 4.24. The second-order valence-electron chi connectivity index (χ2n) is 2.78. The molecule has 13 heavy (non-hydrogen) atoms. The van der Waals surface area contributed by atoms with Crippen LogP contribution in [0.5, 0.6) is 0 Å². The summed E-state index contributed by atoms with van der Waals surface area (Å²) in [7, 11) is 0. The maximum Gasteiger partial charge on any atom is 0.0871 e. The summed E-state index contributed by atoms with van der Waals surface area (Å²) in [6, 6.07) is 8.35. The van der Waals surface area contributed by atoms with Gasteiger partial charge in [0.25, 0.3) is 0 Å². The molecule has 0 aliphatic rings. The lowest BCUT2D eigenvalue weighted by atomic mass is 10.2. The average molecular weight is 285 g/mol. The number of halogens is 1. The largest absolute Gasteiger partial charge is 0.372 e. The van der Waals surface area contributed by atoms with Gasteiger partial charge in [0, 0.05) is 9.26 Å². The molecule has 0 fully saturated rings. The van der Waals surface area contributed by atoms with Gasteiger partial charge in [-0.2, -0.15) is 0 Å². The molecule has 1 N–H and O–H groups in total. The van der Waals surface area contributed by atoms with Gasteiger partial charge in [0.1, 0.15) is 0 Å². The number of hydrogen-bond acceptors (Lipinski definition) is 1. The summed E-state index contributed by atoms with van der Waals surface area (Å²) in [5, 5.41) is 3.27. The normalized spacial score (nSPS) is 11.8. The first-order chi connectivity index (χ1) is 6.26. The predicted octanol–water partition coefficient (Wildman–Crippen LogP) is 3.11. The number of benzene rings is 1. The monoisotopic (exact) mass is 285 g/mol. The molecule has 1 aromatic carbocycles. The molecule has 0 radical (unpaired) electrons. The van der Waals surface area contributed by atoms with E-state index in [0.717, 1.165) is 12.1 Å². The molecule has 2 heteroatoms. The lowest BCUT2D eigenvalue weighted by Gasteiger charge is -2.11.